The number of ether oxygens (including phenoxy) is 3. The van der Waals surface area contributed by atoms with Gasteiger partial charge >= 0.3 is 0 Å². The molecule has 10 nitrogen and oxygen atoms in total. The number of halogens is 2. The van der Waals surface area contributed by atoms with E-state index in [0.717, 1.165) is 4.90 Å². The Morgan fingerprint density at radius 2 is 1.69 bits per heavy atom. The smallest absolute Gasteiger partial charge is 0.282 e. The lowest BCUT2D eigenvalue weighted by Crippen LogP contribution is -2.40. The van der Waals surface area contributed by atoms with E-state index in [-0.39, 0.29) is 33.3 Å². The summed E-state index contributed by atoms with van der Waals surface area (Å²) >= 11 is 12.3. The average molecular weight is 573 g/mol. The molecule has 5 rings (SSSR count). The molecular formula is C27H26Cl2N4O6. The summed E-state index contributed by atoms with van der Waals surface area (Å²) in [5, 5.41) is 3.71. The van der Waals surface area contributed by atoms with Crippen LogP contribution in [0.5, 0.6) is 11.5 Å². The van der Waals surface area contributed by atoms with E-state index in [0.29, 0.717) is 54.9 Å². The van der Waals surface area contributed by atoms with Crippen LogP contribution in [0.1, 0.15) is 18.2 Å². The van der Waals surface area contributed by atoms with E-state index in [1.807, 2.05) is 6.92 Å². The van der Waals surface area contributed by atoms with Gasteiger partial charge in [0, 0.05) is 24.8 Å². The van der Waals surface area contributed by atoms with E-state index < -0.39 is 17.4 Å². The summed E-state index contributed by atoms with van der Waals surface area (Å²) in [4.78, 5) is 44.9. The topological polar surface area (TPSA) is 106 Å². The maximum absolute atomic E-state index is 14.2. The molecule has 0 atom stereocenters. The third kappa shape index (κ3) is 4.58. The first kappa shape index (κ1) is 26.9. The van der Waals surface area contributed by atoms with Crippen molar-refractivity contribution >= 4 is 46.3 Å². The molecule has 204 valence electrons. The van der Waals surface area contributed by atoms with E-state index in [1.54, 1.807) is 41.3 Å². The Balaban J connectivity index is 1.71. The van der Waals surface area contributed by atoms with E-state index in [4.69, 9.17) is 37.4 Å². The van der Waals surface area contributed by atoms with Gasteiger partial charge in [0.2, 0.25) is 0 Å². The highest BCUT2D eigenvalue weighted by atomic mass is 35.5. The van der Waals surface area contributed by atoms with Gasteiger partial charge in [-0.3, -0.25) is 19.5 Å². The lowest BCUT2D eigenvalue weighted by molar-refractivity contribution is -0.121. The van der Waals surface area contributed by atoms with Crippen LogP contribution in [0.25, 0.3) is 11.3 Å². The molecule has 12 heteroatoms. The number of H-pyrrole nitrogens is 1. The monoisotopic (exact) mass is 572 g/mol. The molecule has 0 spiro atoms. The highest BCUT2D eigenvalue weighted by Crippen LogP contribution is 2.40. The maximum atomic E-state index is 14.2. The molecule has 1 fully saturated rings. The van der Waals surface area contributed by atoms with Gasteiger partial charge in [-0.25, -0.2) is 9.58 Å². The Morgan fingerprint density at radius 3 is 2.33 bits per heavy atom. The molecule has 3 aromatic rings. The second-order valence-electron chi connectivity index (χ2n) is 8.86. The van der Waals surface area contributed by atoms with Crippen LogP contribution >= 0.6 is 23.2 Å². The summed E-state index contributed by atoms with van der Waals surface area (Å²) in [6.45, 7) is 3.39. The predicted molar refractivity (Wildman–Crippen MR) is 147 cm³/mol. The summed E-state index contributed by atoms with van der Waals surface area (Å²) in [5.74, 6) is -0.405. The minimum atomic E-state index is -0.628. The fourth-order valence-electron chi connectivity index (χ4n) is 4.81. The fourth-order valence-corrected chi connectivity index (χ4v) is 5.11. The molecule has 39 heavy (non-hydrogen) atoms. The lowest BCUT2D eigenvalue weighted by atomic mass is 10.0. The molecule has 0 unspecified atom stereocenters. The summed E-state index contributed by atoms with van der Waals surface area (Å²) in [6, 6.07) is 9.58. The Morgan fingerprint density at radius 1 is 0.949 bits per heavy atom. The van der Waals surface area contributed by atoms with Crippen molar-refractivity contribution in [1.29, 1.82) is 0 Å². The van der Waals surface area contributed by atoms with Crippen molar-refractivity contribution in [2.45, 2.75) is 13.3 Å². The molecule has 0 aliphatic carbocycles. The van der Waals surface area contributed by atoms with Gasteiger partial charge in [0.1, 0.15) is 17.2 Å². The molecule has 1 saturated heterocycles. The highest BCUT2D eigenvalue weighted by molar-refractivity contribution is 6.46. The van der Waals surface area contributed by atoms with E-state index in [2.05, 4.69) is 5.10 Å². The van der Waals surface area contributed by atoms with Crippen molar-refractivity contribution in [2.75, 3.05) is 45.4 Å². The molecule has 2 aliphatic rings. The zero-order valence-corrected chi connectivity index (χ0v) is 23.1. The molecule has 2 aromatic carbocycles. The molecular weight excluding hydrogens is 547 g/mol. The number of aromatic nitrogens is 2. The quantitative estimate of drug-likeness (QED) is 0.430. The van der Waals surface area contributed by atoms with E-state index >= 15 is 0 Å². The number of nitrogens with zero attached hydrogens (tertiary/aromatic N) is 3. The van der Waals surface area contributed by atoms with Gasteiger partial charge in [-0.2, -0.15) is 0 Å². The van der Waals surface area contributed by atoms with Gasteiger partial charge in [-0.15, -0.1) is 0 Å². The number of rotatable bonds is 7. The standard InChI is InChI=1S/C27H26Cl2N4O6/c1-4-19-22(26(35)33(30-19)15-5-7-17(28)18(29)13-15)23-24(31-9-11-39-12-10-31)27(36)32(25(23)34)20-8-6-16(37-2)14-21(20)38-3/h5-8,13-14,30H,4,9-12H2,1-3H3. The fraction of sp³-hybridized carbons (Fsp3) is 0.296. The second-order valence-corrected chi connectivity index (χ2v) is 9.68. The van der Waals surface area contributed by atoms with Gasteiger partial charge in [-0.1, -0.05) is 30.1 Å². The highest BCUT2D eigenvalue weighted by Gasteiger charge is 2.46. The zero-order chi connectivity index (χ0) is 27.8. The minimum Gasteiger partial charge on any atom is -0.497 e. The number of carbonyl (C=O) groups is 2. The molecule has 1 N–H and O–H groups in total. The van der Waals surface area contributed by atoms with E-state index in [9.17, 15) is 14.4 Å². The lowest BCUT2D eigenvalue weighted by Gasteiger charge is -2.29. The first-order valence-corrected chi connectivity index (χ1v) is 13.0. The van der Waals surface area contributed by atoms with Crippen LogP contribution in [0.4, 0.5) is 5.69 Å². The van der Waals surface area contributed by atoms with Crippen LogP contribution in [0.2, 0.25) is 10.0 Å². The molecule has 3 heterocycles. The van der Waals surface area contributed by atoms with Crippen LogP contribution in [-0.4, -0.2) is 67.0 Å². The van der Waals surface area contributed by atoms with Crippen molar-refractivity contribution in [3.8, 4) is 17.2 Å². The number of imide groups is 1. The minimum absolute atomic E-state index is 0.0247. The molecule has 0 saturated carbocycles. The summed E-state index contributed by atoms with van der Waals surface area (Å²) in [7, 11) is 2.95. The Kier molecular flexibility index (Phi) is 7.44. The third-order valence-electron chi connectivity index (χ3n) is 6.74. The molecule has 2 aliphatic heterocycles. The maximum Gasteiger partial charge on any atom is 0.282 e. The van der Waals surface area contributed by atoms with Gasteiger partial charge < -0.3 is 19.1 Å². The normalized spacial score (nSPS) is 15.9. The van der Waals surface area contributed by atoms with Gasteiger partial charge in [0.25, 0.3) is 17.4 Å². The van der Waals surface area contributed by atoms with Crippen molar-refractivity contribution in [2.24, 2.45) is 0 Å². The first-order valence-electron chi connectivity index (χ1n) is 12.3. The number of hydrogen-bond donors (Lipinski definition) is 1. The SMILES string of the molecule is CCc1[nH]n(-c2ccc(Cl)c(Cl)c2)c(=O)c1C1=C(N2CCOCC2)C(=O)N(c2ccc(OC)cc2OC)C1=O. The van der Waals surface area contributed by atoms with Crippen molar-refractivity contribution in [3.63, 3.8) is 0 Å². The Bertz CT molecular complexity index is 1550. The van der Waals surface area contributed by atoms with Crippen molar-refractivity contribution in [3.05, 3.63) is 73.8 Å². The largest absolute Gasteiger partial charge is 0.497 e. The summed E-state index contributed by atoms with van der Waals surface area (Å²) in [6.07, 6.45) is 0.395. The number of nitrogens with one attached hydrogen (secondary N) is 1. The number of hydrogen-bond acceptors (Lipinski definition) is 7. The number of aromatic amines is 1. The van der Waals surface area contributed by atoms with Crippen LogP contribution in [0, 0.1) is 0 Å². The van der Waals surface area contributed by atoms with Gasteiger partial charge in [0.15, 0.2) is 0 Å². The molecule has 0 bridgehead atoms. The molecule has 0 radical (unpaired) electrons. The first-order chi connectivity index (χ1) is 18.8. The molecule has 2 amide bonds. The zero-order valence-electron chi connectivity index (χ0n) is 21.5. The number of anilines is 1. The van der Waals surface area contributed by atoms with Crippen molar-refractivity contribution < 1.29 is 23.8 Å². The summed E-state index contributed by atoms with van der Waals surface area (Å²) < 4.78 is 17.6. The van der Waals surface area contributed by atoms with Crippen LogP contribution in [0.15, 0.2) is 46.9 Å². The number of morpholine rings is 1. The number of carbonyl (C=O) groups excluding carboxylic acids is 2. The van der Waals surface area contributed by atoms with Crippen molar-refractivity contribution in [1.82, 2.24) is 14.7 Å². The number of benzene rings is 2. The molecule has 1 aromatic heterocycles. The number of amides is 2. The number of aryl methyl sites for hydroxylation is 1. The number of methoxy groups -OCH3 is 2. The van der Waals surface area contributed by atoms with Gasteiger partial charge in [-0.05, 0) is 36.8 Å². The van der Waals surface area contributed by atoms with E-state index in [1.165, 1.54) is 18.9 Å². The average Bonchev–Trinajstić information content (AvgIpc) is 3.41. The Labute approximate surface area is 234 Å². The van der Waals surface area contributed by atoms with Crippen LogP contribution in [0.3, 0.4) is 0 Å². The summed E-state index contributed by atoms with van der Waals surface area (Å²) in [5.41, 5.74) is 0.984. The van der Waals surface area contributed by atoms with Crippen LogP contribution in [-0.2, 0) is 20.7 Å². The second kappa shape index (κ2) is 10.8. The third-order valence-corrected chi connectivity index (χ3v) is 7.48. The Hall–Kier alpha value is -3.73. The predicted octanol–water partition coefficient (Wildman–Crippen LogP) is 3.67. The van der Waals surface area contributed by atoms with Crippen LogP contribution < -0.4 is 19.9 Å². The van der Waals surface area contributed by atoms with Gasteiger partial charge in [0.05, 0.1) is 60.0 Å².